The number of quaternary nitrogens is 1. The Kier molecular flexibility index (Phi) is 4.79. The molecule has 4 heteroatoms. The Balaban J connectivity index is 1.57. The lowest BCUT2D eigenvalue weighted by molar-refractivity contribution is -0.934. The second kappa shape index (κ2) is 6.48. The quantitative estimate of drug-likeness (QED) is 0.588. The van der Waals surface area contributed by atoms with Crippen LogP contribution in [0, 0.1) is 17.8 Å². The highest BCUT2D eigenvalue weighted by molar-refractivity contribution is 5.70. The molecule has 0 amide bonds. The number of esters is 1. The molecule has 3 aliphatic heterocycles. The molecule has 0 spiro atoms. The van der Waals surface area contributed by atoms with E-state index in [1.165, 1.54) is 12.8 Å². The van der Waals surface area contributed by atoms with Crippen LogP contribution in [0.1, 0.15) is 40.0 Å². The van der Waals surface area contributed by atoms with Crippen LogP contribution in [-0.2, 0) is 9.53 Å². The van der Waals surface area contributed by atoms with E-state index in [0.29, 0.717) is 24.3 Å². The van der Waals surface area contributed by atoms with E-state index in [9.17, 15) is 4.79 Å². The topological polar surface area (TPSA) is 29.5 Å². The minimum atomic E-state index is 0.0556. The molecule has 4 rings (SSSR count). The highest BCUT2D eigenvalue weighted by atomic mass is 16.5. The van der Waals surface area contributed by atoms with Gasteiger partial charge in [0.25, 0.3) is 0 Å². The summed E-state index contributed by atoms with van der Waals surface area (Å²) in [6.07, 6.45) is 3.71. The maximum Gasteiger partial charge on any atom is 0.362 e. The van der Waals surface area contributed by atoms with Gasteiger partial charge in [0.1, 0.15) is 6.10 Å². The van der Waals surface area contributed by atoms with Crippen LogP contribution in [0.15, 0.2) is 0 Å². The maximum atomic E-state index is 12.6. The third-order valence-electron chi connectivity index (χ3n) is 6.38. The molecule has 0 aromatic heterocycles. The van der Waals surface area contributed by atoms with E-state index in [-0.39, 0.29) is 12.1 Å². The molecule has 4 nitrogen and oxygen atoms in total. The average Bonchev–Trinajstić information content (AvgIpc) is 2.48. The first-order valence-electron chi connectivity index (χ1n) is 9.24. The van der Waals surface area contributed by atoms with Crippen LogP contribution < -0.4 is 0 Å². The standard InChI is InChI=1S/C18H33N2O2/c1-14(2)16-5-4-15(3)12-17(16)22-18(21)13-20-9-6-19(7-10-20)8-11-20/h14-17H,4-13H2,1-3H3/q+1/t15-,16+,17+/m0/s1. The van der Waals surface area contributed by atoms with Gasteiger partial charge in [0.05, 0.1) is 19.6 Å². The minimum Gasteiger partial charge on any atom is -0.458 e. The van der Waals surface area contributed by atoms with Crippen molar-refractivity contribution < 1.29 is 14.0 Å². The van der Waals surface area contributed by atoms with Gasteiger partial charge in [0.15, 0.2) is 6.54 Å². The Morgan fingerprint density at radius 2 is 1.82 bits per heavy atom. The zero-order valence-electron chi connectivity index (χ0n) is 14.6. The van der Waals surface area contributed by atoms with E-state index >= 15 is 0 Å². The molecule has 0 N–H and O–H groups in total. The number of fused-ring (bicyclic) bond motifs is 3. The molecule has 0 aromatic rings. The van der Waals surface area contributed by atoms with Crippen molar-refractivity contribution >= 4 is 5.97 Å². The number of nitrogens with zero attached hydrogens (tertiary/aromatic N) is 2. The molecule has 0 radical (unpaired) electrons. The lowest BCUT2D eigenvalue weighted by Gasteiger charge is -2.50. The van der Waals surface area contributed by atoms with Crippen LogP contribution in [0.3, 0.4) is 0 Å². The van der Waals surface area contributed by atoms with Gasteiger partial charge >= 0.3 is 5.97 Å². The van der Waals surface area contributed by atoms with E-state index in [4.69, 9.17) is 4.74 Å². The highest BCUT2D eigenvalue weighted by Gasteiger charge is 2.41. The molecule has 4 fully saturated rings. The second-order valence-corrected chi connectivity index (χ2v) is 8.37. The van der Waals surface area contributed by atoms with Crippen molar-refractivity contribution in [2.45, 2.75) is 46.1 Å². The van der Waals surface area contributed by atoms with Gasteiger partial charge < -0.3 is 9.22 Å². The van der Waals surface area contributed by atoms with Crippen molar-refractivity contribution in [3.8, 4) is 0 Å². The zero-order valence-corrected chi connectivity index (χ0v) is 14.6. The van der Waals surface area contributed by atoms with Crippen LogP contribution in [0.25, 0.3) is 0 Å². The van der Waals surface area contributed by atoms with Gasteiger partial charge in [-0.1, -0.05) is 27.2 Å². The van der Waals surface area contributed by atoms with E-state index < -0.39 is 0 Å². The fraction of sp³-hybridized carbons (Fsp3) is 0.944. The van der Waals surface area contributed by atoms with Crippen LogP contribution in [0.2, 0.25) is 0 Å². The smallest absolute Gasteiger partial charge is 0.362 e. The van der Waals surface area contributed by atoms with Crippen molar-refractivity contribution in [3.05, 3.63) is 0 Å². The molecule has 1 saturated carbocycles. The number of carbonyl (C=O) groups is 1. The molecule has 3 saturated heterocycles. The van der Waals surface area contributed by atoms with Gasteiger partial charge in [-0.2, -0.15) is 0 Å². The fourth-order valence-electron chi connectivity index (χ4n) is 4.70. The van der Waals surface area contributed by atoms with E-state index in [2.05, 4.69) is 25.7 Å². The van der Waals surface area contributed by atoms with Gasteiger partial charge in [-0.05, 0) is 30.6 Å². The monoisotopic (exact) mass is 309 g/mol. The number of piperazine rings is 3. The summed E-state index contributed by atoms with van der Waals surface area (Å²) < 4.78 is 6.99. The summed E-state index contributed by atoms with van der Waals surface area (Å²) in [5.74, 6) is 1.91. The summed E-state index contributed by atoms with van der Waals surface area (Å²) in [5, 5.41) is 0. The Morgan fingerprint density at radius 1 is 1.18 bits per heavy atom. The Bertz CT molecular complexity index is 388. The normalized spacial score (nSPS) is 41.6. The van der Waals surface area contributed by atoms with Gasteiger partial charge in [0, 0.05) is 19.6 Å². The lowest BCUT2D eigenvalue weighted by atomic mass is 9.75. The SMILES string of the molecule is CC(C)[C@H]1CC[C@H](C)C[C@H]1OC(=O)C[N+]12CCN(CC1)CC2. The van der Waals surface area contributed by atoms with Gasteiger partial charge in [-0.3, -0.25) is 4.90 Å². The number of ether oxygens (including phenoxy) is 1. The Hall–Kier alpha value is -0.610. The predicted molar refractivity (Wildman–Crippen MR) is 87.4 cm³/mol. The maximum absolute atomic E-state index is 12.6. The Morgan fingerprint density at radius 3 is 2.41 bits per heavy atom. The van der Waals surface area contributed by atoms with Crippen molar-refractivity contribution in [2.24, 2.45) is 17.8 Å². The van der Waals surface area contributed by atoms with E-state index in [1.54, 1.807) is 0 Å². The average molecular weight is 309 g/mol. The van der Waals surface area contributed by atoms with E-state index in [0.717, 1.165) is 50.2 Å². The van der Waals surface area contributed by atoms with Crippen molar-refractivity contribution in [1.82, 2.24) is 4.90 Å². The van der Waals surface area contributed by atoms with Crippen LogP contribution >= 0.6 is 0 Å². The number of hydrogen-bond acceptors (Lipinski definition) is 3. The molecule has 0 unspecified atom stereocenters. The van der Waals surface area contributed by atoms with Crippen molar-refractivity contribution in [2.75, 3.05) is 45.8 Å². The molecule has 2 bridgehead atoms. The summed E-state index contributed by atoms with van der Waals surface area (Å²) >= 11 is 0. The highest BCUT2D eigenvalue weighted by Crippen LogP contribution is 2.35. The van der Waals surface area contributed by atoms with Gasteiger partial charge in [-0.15, -0.1) is 0 Å². The Labute approximate surface area is 135 Å². The molecular weight excluding hydrogens is 276 g/mol. The molecule has 3 atom stereocenters. The molecule has 126 valence electrons. The lowest BCUT2D eigenvalue weighted by Crippen LogP contribution is -2.68. The van der Waals surface area contributed by atoms with Crippen LogP contribution in [0.4, 0.5) is 0 Å². The third-order valence-corrected chi connectivity index (χ3v) is 6.38. The summed E-state index contributed by atoms with van der Waals surface area (Å²) in [6.45, 7) is 14.3. The van der Waals surface area contributed by atoms with E-state index in [1.807, 2.05) is 0 Å². The van der Waals surface area contributed by atoms with Crippen LogP contribution in [0.5, 0.6) is 0 Å². The summed E-state index contributed by atoms with van der Waals surface area (Å²) in [6, 6.07) is 0. The van der Waals surface area contributed by atoms with Crippen molar-refractivity contribution in [3.63, 3.8) is 0 Å². The summed E-state index contributed by atoms with van der Waals surface area (Å²) in [5.41, 5.74) is 0. The summed E-state index contributed by atoms with van der Waals surface area (Å²) in [7, 11) is 0. The minimum absolute atomic E-state index is 0.0556. The predicted octanol–water partition coefficient (Wildman–Crippen LogP) is 2.14. The van der Waals surface area contributed by atoms with Crippen molar-refractivity contribution in [1.29, 1.82) is 0 Å². The largest absolute Gasteiger partial charge is 0.458 e. The first-order valence-corrected chi connectivity index (χ1v) is 9.24. The molecule has 3 heterocycles. The molecular formula is C18H33N2O2+. The third kappa shape index (κ3) is 3.48. The summed E-state index contributed by atoms with van der Waals surface area (Å²) in [4.78, 5) is 15.1. The van der Waals surface area contributed by atoms with Gasteiger partial charge in [-0.25, -0.2) is 4.79 Å². The van der Waals surface area contributed by atoms with Crippen LogP contribution in [-0.4, -0.2) is 67.3 Å². The number of rotatable bonds is 4. The number of hydrogen-bond donors (Lipinski definition) is 0. The molecule has 4 aliphatic rings. The second-order valence-electron chi connectivity index (χ2n) is 8.37. The molecule has 22 heavy (non-hydrogen) atoms. The van der Waals surface area contributed by atoms with Gasteiger partial charge in [0.2, 0.25) is 0 Å². The fourth-order valence-corrected chi connectivity index (χ4v) is 4.70. The first-order chi connectivity index (χ1) is 10.5. The number of carbonyl (C=O) groups excluding carboxylic acids is 1. The molecule has 0 aromatic carbocycles. The zero-order chi connectivity index (χ0) is 15.7. The molecule has 1 aliphatic carbocycles. The first kappa shape index (κ1) is 16.3.